The standard InChI is InChI=1S/C18H20O/c19-18-9-5-4-8-17(18)16-12-10-15(11-13-16)14-6-2-1-3-7-14/h4-5,8-14,19H,1-3,6-7H2. The van der Waals surface area contributed by atoms with Crippen molar-refractivity contribution in [3.05, 3.63) is 54.1 Å². The summed E-state index contributed by atoms with van der Waals surface area (Å²) in [6.07, 6.45) is 6.79. The van der Waals surface area contributed by atoms with Crippen LogP contribution in [0.2, 0.25) is 0 Å². The predicted octanol–water partition coefficient (Wildman–Crippen LogP) is 5.11. The minimum absolute atomic E-state index is 0.355. The van der Waals surface area contributed by atoms with Gasteiger partial charge in [0.05, 0.1) is 0 Å². The van der Waals surface area contributed by atoms with Gasteiger partial charge in [0.25, 0.3) is 0 Å². The summed E-state index contributed by atoms with van der Waals surface area (Å²) in [7, 11) is 0. The normalized spacial score (nSPS) is 16.4. The first-order valence-electron chi connectivity index (χ1n) is 7.23. The van der Waals surface area contributed by atoms with E-state index in [0.717, 1.165) is 17.0 Å². The van der Waals surface area contributed by atoms with Crippen molar-refractivity contribution in [1.29, 1.82) is 0 Å². The lowest BCUT2D eigenvalue weighted by Crippen LogP contribution is -2.04. The maximum Gasteiger partial charge on any atom is 0.123 e. The van der Waals surface area contributed by atoms with Gasteiger partial charge in [-0.15, -0.1) is 0 Å². The molecule has 1 saturated carbocycles. The SMILES string of the molecule is Oc1ccccc1-c1ccc(C2CCCCC2)cc1. The Morgan fingerprint density at radius 1 is 0.789 bits per heavy atom. The third kappa shape index (κ3) is 2.65. The molecule has 3 rings (SSSR count). The van der Waals surface area contributed by atoms with E-state index in [1.165, 1.54) is 37.7 Å². The van der Waals surface area contributed by atoms with E-state index in [9.17, 15) is 5.11 Å². The zero-order chi connectivity index (χ0) is 13.1. The molecule has 1 N–H and O–H groups in total. The minimum Gasteiger partial charge on any atom is -0.507 e. The maximum absolute atomic E-state index is 9.88. The van der Waals surface area contributed by atoms with Crippen molar-refractivity contribution in [1.82, 2.24) is 0 Å². The van der Waals surface area contributed by atoms with Crippen molar-refractivity contribution in [2.75, 3.05) is 0 Å². The molecule has 0 bridgehead atoms. The molecule has 1 fully saturated rings. The highest BCUT2D eigenvalue weighted by Crippen LogP contribution is 2.34. The van der Waals surface area contributed by atoms with Gasteiger partial charge in [0.2, 0.25) is 0 Å². The molecule has 1 aliphatic carbocycles. The van der Waals surface area contributed by atoms with Crippen LogP contribution in [0.4, 0.5) is 0 Å². The summed E-state index contributed by atoms with van der Waals surface area (Å²) in [5.41, 5.74) is 3.47. The highest BCUT2D eigenvalue weighted by Gasteiger charge is 2.15. The van der Waals surface area contributed by atoms with Gasteiger partial charge in [-0.05, 0) is 36.0 Å². The number of phenols is 1. The van der Waals surface area contributed by atoms with Gasteiger partial charge in [0, 0.05) is 5.56 Å². The Morgan fingerprint density at radius 3 is 2.16 bits per heavy atom. The molecule has 2 aromatic rings. The average Bonchev–Trinajstić information content (AvgIpc) is 2.49. The van der Waals surface area contributed by atoms with E-state index in [2.05, 4.69) is 24.3 Å². The lowest BCUT2D eigenvalue weighted by molar-refractivity contribution is 0.443. The first kappa shape index (κ1) is 12.3. The Bertz CT molecular complexity index is 536. The zero-order valence-corrected chi connectivity index (χ0v) is 11.2. The Hall–Kier alpha value is -1.76. The van der Waals surface area contributed by atoms with Gasteiger partial charge >= 0.3 is 0 Å². The second-order valence-corrected chi connectivity index (χ2v) is 5.47. The second kappa shape index (κ2) is 5.48. The highest BCUT2D eigenvalue weighted by molar-refractivity contribution is 5.70. The van der Waals surface area contributed by atoms with Crippen molar-refractivity contribution in [2.45, 2.75) is 38.0 Å². The number of phenolic OH excluding ortho intramolecular Hbond substituents is 1. The first-order valence-corrected chi connectivity index (χ1v) is 7.23. The summed E-state index contributed by atoms with van der Waals surface area (Å²) in [6, 6.07) is 16.3. The van der Waals surface area contributed by atoms with Gasteiger partial charge in [0.1, 0.15) is 5.75 Å². The van der Waals surface area contributed by atoms with E-state index in [0.29, 0.717) is 5.75 Å². The average molecular weight is 252 g/mol. The Kier molecular flexibility index (Phi) is 3.54. The summed E-state index contributed by atoms with van der Waals surface area (Å²) >= 11 is 0. The summed E-state index contributed by atoms with van der Waals surface area (Å²) in [5.74, 6) is 1.10. The number of hydrogen-bond donors (Lipinski definition) is 1. The van der Waals surface area contributed by atoms with E-state index < -0.39 is 0 Å². The fourth-order valence-corrected chi connectivity index (χ4v) is 3.09. The zero-order valence-electron chi connectivity index (χ0n) is 11.2. The summed E-state index contributed by atoms with van der Waals surface area (Å²) < 4.78 is 0. The molecule has 0 heterocycles. The van der Waals surface area contributed by atoms with Gasteiger partial charge in [-0.1, -0.05) is 61.7 Å². The number of rotatable bonds is 2. The molecule has 98 valence electrons. The monoisotopic (exact) mass is 252 g/mol. The molecule has 1 aliphatic rings. The molecule has 2 aromatic carbocycles. The van der Waals surface area contributed by atoms with Gasteiger partial charge in [0.15, 0.2) is 0 Å². The lowest BCUT2D eigenvalue weighted by Gasteiger charge is -2.22. The van der Waals surface area contributed by atoms with Crippen molar-refractivity contribution in [3.63, 3.8) is 0 Å². The van der Waals surface area contributed by atoms with Crippen LogP contribution < -0.4 is 0 Å². The Morgan fingerprint density at radius 2 is 1.47 bits per heavy atom. The molecular formula is C18H20O. The van der Waals surface area contributed by atoms with E-state index in [1.807, 2.05) is 18.2 Å². The van der Waals surface area contributed by atoms with Crippen LogP contribution in [0, 0.1) is 0 Å². The summed E-state index contributed by atoms with van der Waals surface area (Å²) in [6.45, 7) is 0. The van der Waals surface area contributed by atoms with Crippen LogP contribution in [0.15, 0.2) is 48.5 Å². The fraction of sp³-hybridized carbons (Fsp3) is 0.333. The van der Waals surface area contributed by atoms with Crippen molar-refractivity contribution < 1.29 is 5.11 Å². The molecule has 0 saturated heterocycles. The number of aromatic hydroxyl groups is 1. The molecule has 0 spiro atoms. The topological polar surface area (TPSA) is 20.2 Å². The van der Waals surface area contributed by atoms with Crippen LogP contribution in [0.25, 0.3) is 11.1 Å². The molecule has 0 unspecified atom stereocenters. The molecule has 0 aliphatic heterocycles. The molecule has 1 heteroatoms. The highest BCUT2D eigenvalue weighted by atomic mass is 16.3. The molecule has 19 heavy (non-hydrogen) atoms. The van der Waals surface area contributed by atoms with E-state index in [1.54, 1.807) is 6.07 Å². The lowest BCUT2D eigenvalue weighted by atomic mass is 9.83. The van der Waals surface area contributed by atoms with Gasteiger partial charge < -0.3 is 5.11 Å². The first-order chi connectivity index (χ1) is 9.34. The molecule has 1 nitrogen and oxygen atoms in total. The van der Waals surface area contributed by atoms with E-state index in [-0.39, 0.29) is 0 Å². The number of benzene rings is 2. The van der Waals surface area contributed by atoms with Gasteiger partial charge in [-0.3, -0.25) is 0 Å². The van der Waals surface area contributed by atoms with E-state index >= 15 is 0 Å². The molecule has 0 atom stereocenters. The molecule has 0 aromatic heterocycles. The smallest absolute Gasteiger partial charge is 0.123 e. The predicted molar refractivity (Wildman–Crippen MR) is 79.4 cm³/mol. The Labute approximate surface area is 114 Å². The quantitative estimate of drug-likeness (QED) is 0.787. The fourth-order valence-electron chi connectivity index (χ4n) is 3.09. The van der Waals surface area contributed by atoms with Crippen LogP contribution in [0.3, 0.4) is 0 Å². The Balaban J connectivity index is 1.84. The molecule has 0 amide bonds. The minimum atomic E-state index is 0.355. The largest absolute Gasteiger partial charge is 0.507 e. The van der Waals surface area contributed by atoms with Gasteiger partial charge in [-0.25, -0.2) is 0 Å². The van der Waals surface area contributed by atoms with Crippen molar-refractivity contribution in [2.24, 2.45) is 0 Å². The van der Waals surface area contributed by atoms with Crippen LogP contribution >= 0.6 is 0 Å². The second-order valence-electron chi connectivity index (χ2n) is 5.47. The van der Waals surface area contributed by atoms with E-state index in [4.69, 9.17) is 0 Å². The van der Waals surface area contributed by atoms with Crippen LogP contribution in [0.1, 0.15) is 43.6 Å². The van der Waals surface area contributed by atoms with Crippen LogP contribution in [-0.2, 0) is 0 Å². The van der Waals surface area contributed by atoms with Gasteiger partial charge in [-0.2, -0.15) is 0 Å². The molecule has 0 radical (unpaired) electrons. The van der Waals surface area contributed by atoms with Crippen LogP contribution in [-0.4, -0.2) is 5.11 Å². The van der Waals surface area contributed by atoms with Crippen molar-refractivity contribution in [3.8, 4) is 16.9 Å². The number of para-hydroxylation sites is 1. The van der Waals surface area contributed by atoms with Crippen molar-refractivity contribution >= 4 is 0 Å². The molecular weight excluding hydrogens is 232 g/mol. The third-order valence-corrected chi connectivity index (χ3v) is 4.20. The summed E-state index contributed by atoms with van der Waals surface area (Å²) in [4.78, 5) is 0. The number of hydrogen-bond acceptors (Lipinski definition) is 1. The van der Waals surface area contributed by atoms with Crippen LogP contribution in [0.5, 0.6) is 5.75 Å². The maximum atomic E-state index is 9.88. The third-order valence-electron chi connectivity index (χ3n) is 4.20. The summed E-state index contributed by atoms with van der Waals surface area (Å²) in [5, 5.41) is 9.88.